The number of nitrogens with one attached hydrogen (secondary N) is 2. The quantitative estimate of drug-likeness (QED) is 0.706. The first-order chi connectivity index (χ1) is 9.24. The minimum absolute atomic E-state index is 0.0581. The highest BCUT2D eigenvalue weighted by Crippen LogP contribution is 2.21. The zero-order valence-corrected chi connectivity index (χ0v) is 12.4. The van der Waals surface area contributed by atoms with Gasteiger partial charge in [-0.25, -0.2) is 0 Å². The second kappa shape index (κ2) is 6.54. The van der Waals surface area contributed by atoms with Gasteiger partial charge in [0.25, 0.3) is 0 Å². The Hall–Kier alpha value is -1.85. The number of carbonyl (C=O) groups is 3. The topological polar surface area (TPSA) is 78.5 Å². The number of hydrogen-bond acceptors (Lipinski definition) is 3. The van der Waals surface area contributed by atoms with Gasteiger partial charge in [0, 0.05) is 31.5 Å². The maximum Gasteiger partial charge on any atom is 0.243 e. The van der Waals surface area contributed by atoms with Crippen LogP contribution in [0.25, 0.3) is 0 Å². The van der Waals surface area contributed by atoms with E-state index in [-0.39, 0.29) is 42.3 Å². The minimum atomic E-state index is -0.298. The Bertz CT molecular complexity index is 412. The average molecular weight is 281 g/mol. The van der Waals surface area contributed by atoms with Crippen molar-refractivity contribution in [3.63, 3.8) is 0 Å². The van der Waals surface area contributed by atoms with Crippen LogP contribution in [-0.4, -0.2) is 47.3 Å². The van der Waals surface area contributed by atoms with E-state index in [1.54, 1.807) is 4.90 Å². The van der Waals surface area contributed by atoms with Gasteiger partial charge in [-0.3, -0.25) is 14.4 Å². The summed E-state index contributed by atoms with van der Waals surface area (Å²) in [6.07, 6.45) is 1.69. The maximum absolute atomic E-state index is 11.9. The van der Waals surface area contributed by atoms with Gasteiger partial charge in [0.15, 0.2) is 0 Å². The minimum Gasteiger partial charge on any atom is -0.352 e. The Morgan fingerprint density at radius 3 is 2.60 bits per heavy atom. The molecule has 20 heavy (non-hydrogen) atoms. The van der Waals surface area contributed by atoms with Crippen molar-refractivity contribution in [2.75, 3.05) is 13.1 Å². The number of carbonyl (C=O) groups excluding carboxylic acids is 3. The van der Waals surface area contributed by atoms with E-state index in [1.807, 2.05) is 20.8 Å². The summed E-state index contributed by atoms with van der Waals surface area (Å²) in [5, 5.41) is 5.36. The normalized spacial score (nSPS) is 18.9. The summed E-state index contributed by atoms with van der Waals surface area (Å²) in [6, 6.07) is -0.149. The highest BCUT2D eigenvalue weighted by molar-refractivity contribution is 5.87. The average Bonchev–Trinajstić information content (AvgIpc) is 2.69. The summed E-state index contributed by atoms with van der Waals surface area (Å²) >= 11 is 0. The third-order valence-corrected chi connectivity index (χ3v) is 3.14. The monoisotopic (exact) mass is 281 g/mol. The van der Waals surface area contributed by atoms with E-state index >= 15 is 0 Å². The first-order valence-electron chi connectivity index (χ1n) is 6.74. The zero-order valence-electron chi connectivity index (χ0n) is 12.4. The van der Waals surface area contributed by atoms with Crippen molar-refractivity contribution >= 4 is 17.7 Å². The standard InChI is InChI=1S/C14H23N3O3/c1-5-11(18)15-7-6-12(19)16-10-8-13(20)17(9-10)14(2,3)4/h5,10H,1,6-9H2,2-4H3,(H,15,18)(H,16,19). The summed E-state index contributed by atoms with van der Waals surface area (Å²) < 4.78 is 0. The van der Waals surface area contributed by atoms with E-state index in [1.165, 1.54) is 0 Å². The van der Waals surface area contributed by atoms with Crippen molar-refractivity contribution < 1.29 is 14.4 Å². The summed E-state index contributed by atoms with van der Waals surface area (Å²) in [6.45, 7) is 10.0. The van der Waals surface area contributed by atoms with Crippen LogP contribution >= 0.6 is 0 Å². The number of hydrogen-bond donors (Lipinski definition) is 2. The molecule has 0 aromatic carbocycles. The van der Waals surface area contributed by atoms with Gasteiger partial charge in [-0.05, 0) is 26.8 Å². The van der Waals surface area contributed by atoms with Crippen molar-refractivity contribution in [1.29, 1.82) is 0 Å². The molecule has 1 aliphatic heterocycles. The van der Waals surface area contributed by atoms with Gasteiger partial charge in [-0.1, -0.05) is 6.58 Å². The van der Waals surface area contributed by atoms with Gasteiger partial charge in [-0.15, -0.1) is 0 Å². The van der Waals surface area contributed by atoms with Gasteiger partial charge in [-0.2, -0.15) is 0 Å². The van der Waals surface area contributed by atoms with Crippen molar-refractivity contribution in [2.24, 2.45) is 0 Å². The first kappa shape index (κ1) is 16.2. The lowest BCUT2D eigenvalue weighted by atomic mass is 10.1. The van der Waals surface area contributed by atoms with Gasteiger partial charge in [0.2, 0.25) is 17.7 Å². The Labute approximate surface area is 119 Å². The summed E-state index contributed by atoms with van der Waals surface area (Å²) in [7, 11) is 0. The van der Waals surface area contributed by atoms with Gasteiger partial charge in [0.05, 0.1) is 6.04 Å². The summed E-state index contributed by atoms with van der Waals surface area (Å²) in [4.78, 5) is 36.3. The van der Waals surface area contributed by atoms with Crippen LogP contribution in [0.3, 0.4) is 0 Å². The fourth-order valence-electron chi connectivity index (χ4n) is 2.12. The van der Waals surface area contributed by atoms with Gasteiger partial charge in [0.1, 0.15) is 0 Å². The van der Waals surface area contributed by atoms with Crippen molar-refractivity contribution in [3.05, 3.63) is 12.7 Å². The zero-order chi connectivity index (χ0) is 15.3. The number of amides is 3. The van der Waals surface area contributed by atoms with E-state index in [2.05, 4.69) is 17.2 Å². The highest BCUT2D eigenvalue weighted by atomic mass is 16.2. The Morgan fingerprint density at radius 1 is 1.45 bits per heavy atom. The molecule has 6 nitrogen and oxygen atoms in total. The van der Waals surface area contributed by atoms with Gasteiger partial charge < -0.3 is 15.5 Å². The van der Waals surface area contributed by atoms with E-state index in [9.17, 15) is 14.4 Å². The molecule has 3 amide bonds. The molecule has 6 heteroatoms. The predicted molar refractivity (Wildman–Crippen MR) is 75.8 cm³/mol. The number of rotatable bonds is 5. The second-order valence-electron chi connectivity index (χ2n) is 5.89. The molecule has 0 aliphatic carbocycles. The van der Waals surface area contributed by atoms with Crippen LogP contribution < -0.4 is 10.6 Å². The molecule has 1 saturated heterocycles. The lowest BCUT2D eigenvalue weighted by molar-refractivity contribution is -0.131. The molecular weight excluding hydrogens is 258 g/mol. The number of likely N-dealkylation sites (tertiary alicyclic amines) is 1. The second-order valence-corrected chi connectivity index (χ2v) is 5.89. The van der Waals surface area contributed by atoms with Crippen LogP contribution in [-0.2, 0) is 14.4 Å². The van der Waals surface area contributed by atoms with Crippen molar-refractivity contribution in [3.8, 4) is 0 Å². The lowest BCUT2D eigenvalue weighted by Crippen LogP contribution is -2.44. The smallest absolute Gasteiger partial charge is 0.243 e. The van der Waals surface area contributed by atoms with Crippen LogP contribution in [0, 0.1) is 0 Å². The van der Waals surface area contributed by atoms with Crippen LogP contribution in [0.2, 0.25) is 0 Å². The van der Waals surface area contributed by atoms with Crippen LogP contribution in [0.1, 0.15) is 33.6 Å². The van der Waals surface area contributed by atoms with Crippen LogP contribution in [0.5, 0.6) is 0 Å². The third kappa shape index (κ3) is 4.68. The lowest BCUT2D eigenvalue weighted by Gasteiger charge is -2.32. The summed E-state index contributed by atoms with van der Waals surface area (Å²) in [5.41, 5.74) is -0.228. The Kier molecular flexibility index (Phi) is 5.30. The SMILES string of the molecule is C=CC(=O)NCCC(=O)NC1CC(=O)N(C(C)(C)C)C1. The van der Waals surface area contributed by atoms with Crippen molar-refractivity contribution in [2.45, 2.75) is 45.2 Å². The Morgan fingerprint density at radius 2 is 2.10 bits per heavy atom. The number of nitrogens with zero attached hydrogens (tertiary/aromatic N) is 1. The predicted octanol–water partition coefficient (Wildman–Crippen LogP) is 0.194. The van der Waals surface area contributed by atoms with Crippen LogP contribution in [0.15, 0.2) is 12.7 Å². The maximum atomic E-state index is 11.9. The third-order valence-electron chi connectivity index (χ3n) is 3.14. The molecular formula is C14H23N3O3. The molecule has 1 rings (SSSR count). The molecule has 0 bridgehead atoms. The molecule has 112 valence electrons. The summed E-state index contributed by atoms with van der Waals surface area (Å²) in [5.74, 6) is -0.404. The fraction of sp³-hybridized carbons (Fsp3) is 0.643. The molecule has 0 saturated carbocycles. The highest BCUT2D eigenvalue weighted by Gasteiger charge is 2.36. The molecule has 2 N–H and O–H groups in total. The first-order valence-corrected chi connectivity index (χ1v) is 6.74. The van der Waals surface area contributed by atoms with Gasteiger partial charge >= 0.3 is 0 Å². The molecule has 0 spiro atoms. The largest absolute Gasteiger partial charge is 0.352 e. The molecule has 0 aromatic heterocycles. The van der Waals surface area contributed by atoms with E-state index < -0.39 is 0 Å². The van der Waals surface area contributed by atoms with E-state index in [4.69, 9.17) is 0 Å². The molecule has 0 aromatic rings. The molecule has 0 radical (unpaired) electrons. The molecule has 1 atom stereocenters. The van der Waals surface area contributed by atoms with E-state index in [0.29, 0.717) is 13.0 Å². The van der Waals surface area contributed by atoms with Crippen LogP contribution in [0.4, 0.5) is 0 Å². The molecule has 1 aliphatic rings. The van der Waals surface area contributed by atoms with Crippen molar-refractivity contribution in [1.82, 2.24) is 15.5 Å². The molecule has 1 unspecified atom stereocenters. The fourth-order valence-corrected chi connectivity index (χ4v) is 2.12. The molecule has 1 fully saturated rings. The Balaban J connectivity index is 2.35. The van der Waals surface area contributed by atoms with E-state index in [0.717, 1.165) is 6.08 Å². The molecule has 1 heterocycles.